The van der Waals surface area contributed by atoms with Crippen molar-refractivity contribution in [2.45, 2.75) is 39.5 Å². The lowest BCUT2D eigenvalue weighted by atomic mass is 10.3. The molecule has 1 rings (SSSR count). The lowest BCUT2D eigenvalue weighted by Gasteiger charge is -2.22. The molecule has 0 saturated carbocycles. The number of aromatic nitrogens is 3. The number of nitrogens with zero attached hydrogens (tertiary/aromatic N) is 4. The van der Waals surface area contributed by atoms with E-state index in [2.05, 4.69) is 33.7 Å². The van der Waals surface area contributed by atoms with Gasteiger partial charge in [0.1, 0.15) is 0 Å². The van der Waals surface area contributed by atoms with E-state index in [0.29, 0.717) is 18.0 Å². The highest BCUT2D eigenvalue weighted by Crippen LogP contribution is 2.17. The van der Waals surface area contributed by atoms with E-state index in [1.807, 2.05) is 0 Å². The highest BCUT2D eigenvalue weighted by molar-refractivity contribution is 5.32. The van der Waals surface area contributed by atoms with Crippen LogP contribution in [0, 0.1) is 0 Å². The topological polar surface area (TPSA) is 60.4 Å². The first-order chi connectivity index (χ1) is 9.24. The van der Waals surface area contributed by atoms with Crippen LogP contribution in [0.25, 0.3) is 0 Å². The number of hydrogen-bond acceptors (Lipinski definition) is 6. The Bertz CT molecular complexity index is 343. The van der Waals surface area contributed by atoms with Gasteiger partial charge in [0, 0.05) is 13.1 Å². The number of unbranched alkanes of at least 4 members (excludes halogenated alkanes) is 2. The zero-order valence-electron chi connectivity index (χ0n) is 12.3. The van der Waals surface area contributed by atoms with Crippen LogP contribution in [0.2, 0.25) is 0 Å². The molecule has 0 aromatic carbocycles. The van der Waals surface area contributed by atoms with Gasteiger partial charge < -0.3 is 14.4 Å². The lowest BCUT2D eigenvalue weighted by molar-refractivity contribution is 0.339. The fourth-order valence-corrected chi connectivity index (χ4v) is 1.66. The van der Waals surface area contributed by atoms with Crippen LogP contribution < -0.4 is 14.4 Å². The van der Waals surface area contributed by atoms with Crippen LogP contribution in [0.15, 0.2) is 0 Å². The van der Waals surface area contributed by atoms with E-state index < -0.39 is 0 Å². The second-order valence-corrected chi connectivity index (χ2v) is 4.30. The molecule has 108 valence electrons. The Hall–Kier alpha value is -1.59. The first kappa shape index (κ1) is 15.5. The van der Waals surface area contributed by atoms with Crippen molar-refractivity contribution < 1.29 is 9.47 Å². The molecule has 1 heterocycles. The van der Waals surface area contributed by atoms with E-state index in [1.54, 1.807) is 14.2 Å². The quantitative estimate of drug-likeness (QED) is 0.685. The average molecular weight is 268 g/mol. The molecule has 1 aromatic heterocycles. The minimum atomic E-state index is 0.292. The van der Waals surface area contributed by atoms with E-state index in [4.69, 9.17) is 9.47 Å². The maximum Gasteiger partial charge on any atom is 0.324 e. The van der Waals surface area contributed by atoms with Gasteiger partial charge >= 0.3 is 12.0 Å². The standard InChI is InChI=1S/C13H24N4O2/c1-5-7-9-17(10-8-6-2)11-14-12(18-3)16-13(15-11)19-4/h5-10H2,1-4H3. The molecule has 6 nitrogen and oxygen atoms in total. The lowest BCUT2D eigenvalue weighted by Crippen LogP contribution is -2.28. The highest BCUT2D eigenvalue weighted by Gasteiger charge is 2.13. The van der Waals surface area contributed by atoms with Crippen molar-refractivity contribution >= 4 is 5.95 Å². The second kappa shape index (κ2) is 8.50. The summed E-state index contributed by atoms with van der Waals surface area (Å²) in [6.07, 6.45) is 4.50. The summed E-state index contributed by atoms with van der Waals surface area (Å²) in [5.74, 6) is 0.630. The van der Waals surface area contributed by atoms with E-state index in [0.717, 1.165) is 38.8 Å². The molecule has 0 radical (unpaired) electrons. The van der Waals surface area contributed by atoms with Crippen LogP contribution in [-0.4, -0.2) is 42.3 Å². The van der Waals surface area contributed by atoms with E-state index in [-0.39, 0.29) is 0 Å². The molecular formula is C13H24N4O2. The van der Waals surface area contributed by atoms with Gasteiger partial charge in [-0.2, -0.15) is 9.97 Å². The molecule has 0 fully saturated rings. The number of rotatable bonds is 9. The third kappa shape index (κ3) is 4.89. The van der Waals surface area contributed by atoms with Gasteiger partial charge in [0.05, 0.1) is 14.2 Å². The molecule has 0 aliphatic carbocycles. The van der Waals surface area contributed by atoms with Crippen LogP contribution in [0.5, 0.6) is 12.0 Å². The minimum absolute atomic E-state index is 0.292. The van der Waals surface area contributed by atoms with Gasteiger partial charge in [-0.15, -0.1) is 4.98 Å². The molecule has 0 spiro atoms. The van der Waals surface area contributed by atoms with Gasteiger partial charge in [0.25, 0.3) is 0 Å². The monoisotopic (exact) mass is 268 g/mol. The Morgan fingerprint density at radius 2 is 1.32 bits per heavy atom. The van der Waals surface area contributed by atoms with Crippen molar-refractivity contribution in [3.63, 3.8) is 0 Å². The van der Waals surface area contributed by atoms with Crippen LogP contribution in [0.3, 0.4) is 0 Å². The normalized spacial score (nSPS) is 10.3. The average Bonchev–Trinajstić information content (AvgIpc) is 2.46. The summed E-state index contributed by atoms with van der Waals surface area (Å²) in [6, 6.07) is 0.583. The second-order valence-electron chi connectivity index (χ2n) is 4.30. The molecule has 0 bridgehead atoms. The van der Waals surface area contributed by atoms with Gasteiger partial charge in [-0.1, -0.05) is 26.7 Å². The maximum absolute atomic E-state index is 5.09. The molecule has 0 atom stereocenters. The zero-order chi connectivity index (χ0) is 14.1. The molecular weight excluding hydrogens is 244 g/mol. The van der Waals surface area contributed by atoms with Crippen molar-refractivity contribution in [1.29, 1.82) is 0 Å². The largest absolute Gasteiger partial charge is 0.467 e. The van der Waals surface area contributed by atoms with Crippen LogP contribution >= 0.6 is 0 Å². The first-order valence-electron chi connectivity index (χ1n) is 6.84. The Morgan fingerprint density at radius 3 is 1.68 bits per heavy atom. The Kier molecular flexibility index (Phi) is 6.92. The molecule has 0 amide bonds. The van der Waals surface area contributed by atoms with Gasteiger partial charge in [-0.3, -0.25) is 0 Å². The summed E-state index contributed by atoms with van der Waals surface area (Å²) in [5, 5.41) is 0. The highest BCUT2D eigenvalue weighted by atomic mass is 16.5. The number of methoxy groups -OCH3 is 2. The van der Waals surface area contributed by atoms with Crippen LogP contribution in [-0.2, 0) is 0 Å². The molecule has 6 heteroatoms. The van der Waals surface area contributed by atoms with E-state index in [9.17, 15) is 0 Å². The molecule has 0 unspecified atom stereocenters. The minimum Gasteiger partial charge on any atom is -0.467 e. The molecule has 0 aliphatic heterocycles. The predicted molar refractivity (Wildman–Crippen MR) is 75.0 cm³/mol. The van der Waals surface area contributed by atoms with Gasteiger partial charge in [0.2, 0.25) is 5.95 Å². The van der Waals surface area contributed by atoms with Gasteiger partial charge in [-0.25, -0.2) is 0 Å². The first-order valence-corrected chi connectivity index (χ1v) is 6.84. The summed E-state index contributed by atoms with van der Waals surface area (Å²) in [4.78, 5) is 14.8. The molecule has 0 aliphatic rings. The molecule has 0 N–H and O–H groups in total. The summed E-state index contributed by atoms with van der Waals surface area (Å²) < 4.78 is 10.2. The molecule has 19 heavy (non-hydrogen) atoms. The Balaban J connectivity index is 2.91. The Morgan fingerprint density at radius 1 is 0.842 bits per heavy atom. The van der Waals surface area contributed by atoms with Crippen molar-refractivity contribution in [3.05, 3.63) is 0 Å². The Labute approximate surface area is 115 Å². The third-order valence-electron chi connectivity index (χ3n) is 2.79. The summed E-state index contributed by atoms with van der Waals surface area (Å²) in [5.41, 5.74) is 0. The van der Waals surface area contributed by atoms with Crippen molar-refractivity contribution in [3.8, 4) is 12.0 Å². The number of anilines is 1. The van der Waals surface area contributed by atoms with Crippen LogP contribution in [0.1, 0.15) is 39.5 Å². The number of ether oxygens (including phenoxy) is 2. The third-order valence-corrected chi connectivity index (χ3v) is 2.79. The SMILES string of the molecule is CCCCN(CCCC)c1nc(OC)nc(OC)n1. The summed E-state index contributed by atoms with van der Waals surface area (Å²) in [6.45, 7) is 6.22. The molecule has 1 aromatic rings. The van der Waals surface area contributed by atoms with Crippen LogP contribution in [0.4, 0.5) is 5.95 Å². The molecule has 0 saturated heterocycles. The maximum atomic E-state index is 5.09. The van der Waals surface area contributed by atoms with E-state index >= 15 is 0 Å². The van der Waals surface area contributed by atoms with Crippen molar-refractivity contribution in [2.24, 2.45) is 0 Å². The van der Waals surface area contributed by atoms with Gasteiger partial charge in [-0.05, 0) is 12.8 Å². The summed E-state index contributed by atoms with van der Waals surface area (Å²) in [7, 11) is 3.09. The summed E-state index contributed by atoms with van der Waals surface area (Å²) >= 11 is 0. The van der Waals surface area contributed by atoms with E-state index in [1.165, 1.54) is 0 Å². The smallest absolute Gasteiger partial charge is 0.324 e. The fourth-order valence-electron chi connectivity index (χ4n) is 1.66. The van der Waals surface area contributed by atoms with Crippen molar-refractivity contribution in [2.75, 3.05) is 32.2 Å². The predicted octanol–water partition coefficient (Wildman–Crippen LogP) is 2.30. The number of hydrogen-bond donors (Lipinski definition) is 0. The fraction of sp³-hybridized carbons (Fsp3) is 0.769. The van der Waals surface area contributed by atoms with Crippen molar-refractivity contribution in [1.82, 2.24) is 15.0 Å². The van der Waals surface area contributed by atoms with Gasteiger partial charge in [0.15, 0.2) is 0 Å². The zero-order valence-corrected chi connectivity index (χ0v) is 12.3.